The average Bonchev–Trinajstić information content (AvgIpc) is 3.16. The van der Waals surface area contributed by atoms with Crippen molar-refractivity contribution < 1.29 is 4.79 Å². The summed E-state index contributed by atoms with van der Waals surface area (Å²) in [5.41, 5.74) is 7.12. The van der Waals surface area contributed by atoms with E-state index in [9.17, 15) is 4.79 Å². The van der Waals surface area contributed by atoms with Crippen molar-refractivity contribution in [2.45, 2.75) is 12.8 Å². The van der Waals surface area contributed by atoms with Gasteiger partial charge in [-0.25, -0.2) is 10.4 Å². The lowest BCUT2D eigenvalue weighted by atomic mass is 10.0. The molecule has 0 radical (unpaired) electrons. The minimum Gasteiger partial charge on any atom is -0.338 e. The molecule has 0 spiro atoms. The highest BCUT2D eigenvalue weighted by Crippen LogP contribution is 2.21. The van der Waals surface area contributed by atoms with E-state index >= 15 is 0 Å². The lowest BCUT2D eigenvalue weighted by molar-refractivity contribution is -0.121. The molecule has 4 rings (SSSR count). The van der Waals surface area contributed by atoms with Crippen LogP contribution in [-0.2, 0) is 4.79 Å². The Bertz CT molecular complexity index is 846. The van der Waals surface area contributed by atoms with Crippen molar-refractivity contribution in [2.75, 3.05) is 0 Å². The second-order valence-electron chi connectivity index (χ2n) is 4.90. The second-order valence-corrected chi connectivity index (χ2v) is 4.90. The summed E-state index contributed by atoms with van der Waals surface area (Å²) >= 11 is 0. The van der Waals surface area contributed by atoms with E-state index in [2.05, 4.69) is 30.7 Å². The van der Waals surface area contributed by atoms with Gasteiger partial charge in [-0.15, -0.1) is 0 Å². The van der Waals surface area contributed by atoms with Crippen LogP contribution in [0.3, 0.4) is 0 Å². The molecule has 0 saturated carbocycles. The maximum atomic E-state index is 11.1. The number of aromatic amines is 2. The van der Waals surface area contributed by atoms with Crippen molar-refractivity contribution in [3.8, 4) is 11.4 Å². The molecule has 7 heteroatoms. The highest BCUT2D eigenvalue weighted by atomic mass is 16.2. The van der Waals surface area contributed by atoms with Crippen molar-refractivity contribution in [1.29, 1.82) is 0 Å². The summed E-state index contributed by atoms with van der Waals surface area (Å²) in [6, 6.07) is 5.92. The fourth-order valence-electron chi connectivity index (χ4n) is 2.39. The number of nitrogens with one attached hydrogen (secondary N) is 3. The predicted molar refractivity (Wildman–Crippen MR) is 77.6 cm³/mol. The fourth-order valence-corrected chi connectivity index (χ4v) is 2.39. The first kappa shape index (κ1) is 11.8. The lowest BCUT2D eigenvalue weighted by Gasteiger charge is -2.11. The van der Waals surface area contributed by atoms with Crippen molar-refractivity contribution >= 4 is 22.7 Å². The van der Waals surface area contributed by atoms with Crippen LogP contribution in [0.25, 0.3) is 22.4 Å². The first-order chi connectivity index (χ1) is 10.3. The Labute approximate surface area is 119 Å². The Morgan fingerprint density at radius 2 is 2.10 bits per heavy atom. The number of carbonyl (C=O) groups is 1. The topological polar surface area (TPSA) is 98.8 Å². The van der Waals surface area contributed by atoms with Crippen LogP contribution in [-0.4, -0.2) is 31.8 Å². The van der Waals surface area contributed by atoms with E-state index in [1.54, 1.807) is 12.4 Å². The average molecular weight is 280 g/mol. The molecule has 104 valence electrons. The summed E-state index contributed by atoms with van der Waals surface area (Å²) < 4.78 is 0. The zero-order valence-corrected chi connectivity index (χ0v) is 11.1. The Balaban J connectivity index is 1.75. The molecular weight excluding hydrogens is 268 g/mol. The molecule has 0 saturated heterocycles. The molecule has 0 aliphatic carbocycles. The number of amides is 1. The minimum absolute atomic E-state index is 0.0383. The molecule has 2 aromatic heterocycles. The van der Waals surface area contributed by atoms with E-state index in [4.69, 9.17) is 0 Å². The van der Waals surface area contributed by atoms with Crippen LogP contribution < -0.4 is 5.43 Å². The monoisotopic (exact) mass is 280 g/mol. The molecule has 7 nitrogen and oxygen atoms in total. The Morgan fingerprint density at radius 3 is 2.86 bits per heavy atom. The molecule has 1 amide bonds. The largest absolute Gasteiger partial charge is 0.338 e. The van der Waals surface area contributed by atoms with Gasteiger partial charge in [0.05, 0.1) is 28.5 Å². The molecule has 0 unspecified atom stereocenters. The van der Waals surface area contributed by atoms with Gasteiger partial charge in [0.25, 0.3) is 0 Å². The van der Waals surface area contributed by atoms with E-state index in [1.165, 1.54) is 0 Å². The number of nitrogens with zero attached hydrogens (tertiary/aromatic N) is 3. The van der Waals surface area contributed by atoms with Gasteiger partial charge in [-0.3, -0.25) is 9.89 Å². The van der Waals surface area contributed by atoms with Gasteiger partial charge in [0.15, 0.2) is 0 Å². The number of H-pyrrole nitrogens is 2. The molecule has 0 fully saturated rings. The third-order valence-corrected chi connectivity index (χ3v) is 3.49. The maximum Gasteiger partial charge on any atom is 0.240 e. The molecule has 3 heterocycles. The Hall–Kier alpha value is -2.96. The molecular formula is C14H12N6O. The second kappa shape index (κ2) is 4.55. The lowest BCUT2D eigenvalue weighted by Crippen LogP contribution is -2.25. The van der Waals surface area contributed by atoms with Crippen LogP contribution in [0.15, 0.2) is 35.7 Å². The molecule has 0 atom stereocenters. The number of hydrogen-bond acceptors (Lipinski definition) is 4. The van der Waals surface area contributed by atoms with Crippen LogP contribution in [0.4, 0.5) is 0 Å². The first-order valence-corrected chi connectivity index (χ1v) is 6.64. The zero-order chi connectivity index (χ0) is 14.2. The van der Waals surface area contributed by atoms with Crippen molar-refractivity contribution in [3.63, 3.8) is 0 Å². The van der Waals surface area contributed by atoms with Gasteiger partial charge in [0.2, 0.25) is 5.91 Å². The van der Waals surface area contributed by atoms with E-state index in [0.717, 1.165) is 33.7 Å². The number of benzene rings is 1. The molecule has 21 heavy (non-hydrogen) atoms. The zero-order valence-electron chi connectivity index (χ0n) is 11.1. The summed E-state index contributed by atoms with van der Waals surface area (Å²) in [6.07, 6.45) is 4.64. The van der Waals surface area contributed by atoms with Crippen molar-refractivity contribution in [3.05, 3.63) is 36.2 Å². The van der Waals surface area contributed by atoms with Gasteiger partial charge in [-0.1, -0.05) is 6.07 Å². The van der Waals surface area contributed by atoms with Gasteiger partial charge in [-0.05, 0) is 17.7 Å². The summed E-state index contributed by atoms with van der Waals surface area (Å²) in [4.78, 5) is 18.9. The van der Waals surface area contributed by atoms with E-state index in [0.29, 0.717) is 12.8 Å². The SMILES string of the molecule is O=C1CCC(c2ccc3nc(-c4cn[nH]c4)[nH]c3c2)=NN1. The van der Waals surface area contributed by atoms with E-state index in [1.807, 2.05) is 18.2 Å². The number of fused-ring (bicyclic) bond motifs is 1. The van der Waals surface area contributed by atoms with Crippen LogP contribution >= 0.6 is 0 Å². The van der Waals surface area contributed by atoms with Gasteiger partial charge in [0, 0.05) is 19.0 Å². The normalized spacial score (nSPS) is 15.0. The van der Waals surface area contributed by atoms with Crippen molar-refractivity contribution in [2.24, 2.45) is 5.10 Å². The van der Waals surface area contributed by atoms with Gasteiger partial charge < -0.3 is 4.98 Å². The first-order valence-electron chi connectivity index (χ1n) is 6.64. The number of rotatable bonds is 2. The summed E-state index contributed by atoms with van der Waals surface area (Å²) in [6.45, 7) is 0. The molecule has 3 aromatic rings. The number of hydrogen-bond donors (Lipinski definition) is 3. The molecule has 1 aromatic carbocycles. The quantitative estimate of drug-likeness (QED) is 0.664. The Kier molecular flexibility index (Phi) is 2.56. The van der Waals surface area contributed by atoms with Gasteiger partial charge in [-0.2, -0.15) is 10.2 Å². The predicted octanol–water partition coefficient (Wildman–Crippen LogP) is 1.57. The molecule has 1 aliphatic heterocycles. The smallest absolute Gasteiger partial charge is 0.240 e. The molecule has 3 N–H and O–H groups in total. The summed E-state index contributed by atoms with van der Waals surface area (Å²) in [5.74, 6) is 0.735. The number of carbonyl (C=O) groups excluding carboxylic acids is 1. The van der Waals surface area contributed by atoms with Gasteiger partial charge >= 0.3 is 0 Å². The Morgan fingerprint density at radius 1 is 1.14 bits per heavy atom. The van der Waals surface area contributed by atoms with Crippen LogP contribution in [0.2, 0.25) is 0 Å². The highest BCUT2D eigenvalue weighted by molar-refractivity contribution is 6.05. The standard InChI is InChI=1S/C14H12N6O/c21-13-4-3-10(19-20-13)8-1-2-11-12(5-8)18-14(17-11)9-6-15-16-7-9/h1-2,5-7H,3-4H2,(H,15,16)(H,17,18)(H,20,21). The van der Waals surface area contributed by atoms with Crippen LogP contribution in [0.5, 0.6) is 0 Å². The summed E-state index contributed by atoms with van der Waals surface area (Å²) in [5, 5.41) is 10.8. The molecule has 1 aliphatic rings. The maximum absolute atomic E-state index is 11.1. The third-order valence-electron chi connectivity index (χ3n) is 3.49. The van der Waals surface area contributed by atoms with Crippen molar-refractivity contribution in [1.82, 2.24) is 25.6 Å². The fraction of sp³-hybridized carbons (Fsp3) is 0.143. The minimum atomic E-state index is -0.0383. The highest BCUT2D eigenvalue weighted by Gasteiger charge is 2.14. The number of imidazole rings is 1. The van der Waals surface area contributed by atoms with Crippen LogP contribution in [0, 0.1) is 0 Å². The number of aromatic nitrogens is 4. The van der Waals surface area contributed by atoms with E-state index in [-0.39, 0.29) is 5.91 Å². The number of hydrazone groups is 1. The van der Waals surface area contributed by atoms with Crippen LogP contribution in [0.1, 0.15) is 18.4 Å². The van der Waals surface area contributed by atoms with Gasteiger partial charge in [0.1, 0.15) is 5.82 Å². The van der Waals surface area contributed by atoms with E-state index < -0.39 is 0 Å². The molecule has 0 bridgehead atoms. The summed E-state index contributed by atoms with van der Waals surface area (Å²) in [7, 11) is 0. The third kappa shape index (κ3) is 2.08.